The van der Waals surface area contributed by atoms with Crippen molar-refractivity contribution < 1.29 is 24.2 Å². The molecule has 0 aliphatic heterocycles. The lowest BCUT2D eigenvalue weighted by molar-refractivity contribution is -0.137. The van der Waals surface area contributed by atoms with Crippen LogP contribution in [0.3, 0.4) is 0 Å². The molecule has 0 radical (unpaired) electrons. The number of aliphatic carboxylic acids is 1. The minimum atomic E-state index is -0.842. The normalized spacial score (nSPS) is 11.4. The highest BCUT2D eigenvalue weighted by molar-refractivity contribution is 7.12. The zero-order valence-corrected chi connectivity index (χ0v) is 15.8. The summed E-state index contributed by atoms with van der Waals surface area (Å²) in [5, 5.41) is 15.8. The first-order valence-electron chi connectivity index (χ1n) is 8.51. The molecule has 1 unspecified atom stereocenters. The molecule has 2 amide bonds. The van der Waals surface area contributed by atoms with Crippen molar-refractivity contribution in [3.8, 4) is 5.75 Å². The molecule has 0 fully saturated rings. The predicted octanol–water partition coefficient (Wildman–Crippen LogP) is 2.43. The number of ether oxygens (including phenoxy) is 1. The number of carbonyl (C=O) groups excluding carboxylic acids is 2. The second-order valence-corrected chi connectivity index (χ2v) is 6.83. The van der Waals surface area contributed by atoms with Crippen molar-refractivity contribution in [2.45, 2.75) is 32.4 Å². The Morgan fingerprint density at radius 3 is 2.56 bits per heavy atom. The molecule has 0 saturated carbocycles. The van der Waals surface area contributed by atoms with E-state index in [-0.39, 0.29) is 18.2 Å². The third kappa shape index (κ3) is 7.10. The first-order valence-corrected chi connectivity index (χ1v) is 9.39. The summed E-state index contributed by atoms with van der Waals surface area (Å²) in [6.45, 7) is 2.30. The molecule has 2 aromatic rings. The number of hydrogen-bond donors (Lipinski definition) is 3. The maximum absolute atomic E-state index is 12.1. The van der Waals surface area contributed by atoms with Gasteiger partial charge in [0.25, 0.3) is 5.91 Å². The van der Waals surface area contributed by atoms with Gasteiger partial charge in [-0.15, -0.1) is 11.3 Å². The number of carbonyl (C=O) groups is 3. The van der Waals surface area contributed by atoms with Gasteiger partial charge in [0.2, 0.25) is 5.91 Å². The van der Waals surface area contributed by atoms with Crippen LogP contribution in [0.15, 0.2) is 41.8 Å². The van der Waals surface area contributed by atoms with E-state index in [1.807, 2.05) is 12.1 Å². The summed E-state index contributed by atoms with van der Waals surface area (Å²) in [7, 11) is 0. The van der Waals surface area contributed by atoms with E-state index in [0.717, 1.165) is 5.56 Å². The molecule has 3 N–H and O–H groups in total. The Morgan fingerprint density at radius 1 is 1.19 bits per heavy atom. The van der Waals surface area contributed by atoms with Crippen LogP contribution in [0.4, 0.5) is 0 Å². The third-order valence-corrected chi connectivity index (χ3v) is 4.55. The number of benzene rings is 1. The van der Waals surface area contributed by atoms with Crippen molar-refractivity contribution in [2.75, 3.05) is 6.61 Å². The number of carboxylic acid groups (broad SMARTS) is 1. The molecule has 1 aromatic heterocycles. The van der Waals surface area contributed by atoms with Crippen LogP contribution in [0.5, 0.6) is 5.75 Å². The molecule has 0 aliphatic rings. The molecular weight excluding hydrogens is 368 g/mol. The summed E-state index contributed by atoms with van der Waals surface area (Å²) in [4.78, 5) is 35.1. The van der Waals surface area contributed by atoms with Gasteiger partial charge >= 0.3 is 5.97 Å². The highest BCUT2D eigenvalue weighted by Gasteiger charge is 2.16. The summed E-state index contributed by atoms with van der Waals surface area (Å²) in [6.07, 6.45) is 0.521. The average Bonchev–Trinajstić information content (AvgIpc) is 3.19. The van der Waals surface area contributed by atoms with E-state index in [1.54, 1.807) is 36.6 Å². The van der Waals surface area contributed by atoms with Gasteiger partial charge in [-0.1, -0.05) is 18.2 Å². The lowest BCUT2D eigenvalue weighted by Gasteiger charge is -2.14. The summed E-state index contributed by atoms with van der Waals surface area (Å²) < 4.78 is 5.46. The Kier molecular flexibility index (Phi) is 7.81. The highest BCUT2D eigenvalue weighted by atomic mass is 32.1. The van der Waals surface area contributed by atoms with Gasteiger partial charge in [0.15, 0.2) is 0 Å². The summed E-state index contributed by atoms with van der Waals surface area (Å²) >= 11 is 1.32. The van der Waals surface area contributed by atoms with Crippen molar-refractivity contribution in [1.82, 2.24) is 10.6 Å². The number of carboxylic acids is 1. The minimum absolute atomic E-state index is 0.0747. The molecule has 2 rings (SSSR count). The van der Waals surface area contributed by atoms with Gasteiger partial charge in [-0.3, -0.25) is 14.4 Å². The van der Waals surface area contributed by atoms with E-state index >= 15 is 0 Å². The second kappa shape index (κ2) is 10.3. The Hall–Kier alpha value is -2.87. The number of nitrogens with one attached hydrogen (secondary N) is 2. The van der Waals surface area contributed by atoms with Crippen LogP contribution in [0, 0.1) is 0 Å². The Labute approximate surface area is 161 Å². The average molecular weight is 390 g/mol. The van der Waals surface area contributed by atoms with Gasteiger partial charge in [0.05, 0.1) is 11.5 Å². The second-order valence-electron chi connectivity index (χ2n) is 5.88. The first-order chi connectivity index (χ1) is 13.0. The molecule has 8 heteroatoms. The molecule has 0 aliphatic carbocycles. The van der Waals surface area contributed by atoms with Gasteiger partial charge in [0.1, 0.15) is 11.8 Å². The van der Waals surface area contributed by atoms with E-state index in [1.165, 1.54) is 11.3 Å². The van der Waals surface area contributed by atoms with Crippen LogP contribution in [0.2, 0.25) is 0 Å². The number of amides is 2. The standard InChI is InChI=1S/C19H22N2O5S/c1-13(21-19(25)16-4-3-11-27-16)18(24)20-12-14-6-8-15(9-7-14)26-10-2-5-17(22)23/h3-4,6-9,11,13H,2,5,10,12H2,1H3,(H,20,24)(H,21,25)(H,22,23). The molecule has 0 saturated heterocycles. The smallest absolute Gasteiger partial charge is 0.303 e. The molecule has 1 atom stereocenters. The van der Waals surface area contributed by atoms with Crippen molar-refractivity contribution in [3.05, 3.63) is 52.2 Å². The Morgan fingerprint density at radius 2 is 1.93 bits per heavy atom. The fourth-order valence-electron chi connectivity index (χ4n) is 2.20. The Bertz CT molecular complexity index is 759. The van der Waals surface area contributed by atoms with E-state index in [9.17, 15) is 14.4 Å². The lowest BCUT2D eigenvalue weighted by Crippen LogP contribution is -2.44. The fourth-order valence-corrected chi connectivity index (χ4v) is 2.83. The van der Waals surface area contributed by atoms with Crippen LogP contribution < -0.4 is 15.4 Å². The maximum Gasteiger partial charge on any atom is 0.303 e. The van der Waals surface area contributed by atoms with Gasteiger partial charge in [-0.05, 0) is 42.5 Å². The lowest BCUT2D eigenvalue weighted by atomic mass is 10.2. The zero-order chi connectivity index (χ0) is 19.6. The van der Waals surface area contributed by atoms with Crippen LogP contribution in [0.25, 0.3) is 0 Å². The van der Waals surface area contributed by atoms with Crippen molar-refractivity contribution in [1.29, 1.82) is 0 Å². The van der Waals surface area contributed by atoms with Gasteiger partial charge in [0, 0.05) is 13.0 Å². The Balaban J connectivity index is 1.72. The molecule has 0 bridgehead atoms. The predicted molar refractivity (Wildman–Crippen MR) is 102 cm³/mol. The molecular formula is C19H22N2O5S. The highest BCUT2D eigenvalue weighted by Crippen LogP contribution is 2.13. The number of hydrogen-bond acceptors (Lipinski definition) is 5. The first kappa shape index (κ1) is 20.4. The molecule has 144 valence electrons. The van der Waals surface area contributed by atoms with E-state index in [2.05, 4.69) is 10.6 Å². The summed E-state index contributed by atoms with van der Waals surface area (Å²) in [5.41, 5.74) is 0.887. The minimum Gasteiger partial charge on any atom is -0.494 e. The van der Waals surface area contributed by atoms with Crippen LogP contribution in [0.1, 0.15) is 35.0 Å². The van der Waals surface area contributed by atoms with Crippen LogP contribution in [-0.4, -0.2) is 35.5 Å². The maximum atomic E-state index is 12.1. The quantitative estimate of drug-likeness (QED) is 0.541. The molecule has 7 nitrogen and oxygen atoms in total. The monoisotopic (exact) mass is 390 g/mol. The van der Waals surface area contributed by atoms with E-state index in [0.29, 0.717) is 30.2 Å². The van der Waals surface area contributed by atoms with E-state index in [4.69, 9.17) is 9.84 Å². The molecule has 27 heavy (non-hydrogen) atoms. The van der Waals surface area contributed by atoms with Crippen LogP contribution in [-0.2, 0) is 16.1 Å². The molecule has 1 aromatic carbocycles. The largest absolute Gasteiger partial charge is 0.494 e. The van der Waals surface area contributed by atoms with Crippen molar-refractivity contribution >= 4 is 29.1 Å². The molecule has 0 spiro atoms. The fraction of sp³-hybridized carbons (Fsp3) is 0.316. The summed E-state index contributed by atoms with van der Waals surface area (Å²) in [6, 6.07) is 10.0. The van der Waals surface area contributed by atoms with Crippen molar-refractivity contribution in [3.63, 3.8) is 0 Å². The SMILES string of the molecule is CC(NC(=O)c1cccs1)C(=O)NCc1ccc(OCCCC(=O)O)cc1. The zero-order valence-electron chi connectivity index (χ0n) is 14.9. The van der Waals surface area contributed by atoms with E-state index < -0.39 is 12.0 Å². The van der Waals surface area contributed by atoms with Crippen LogP contribution >= 0.6 is 11.3 Å². The van der Waals surface area contributed by atoms with Gasteiger partial charge in [-0.2, -0.15) is 0 Å². The number of rotatable bonds is 10. The topological polar surface area (TPSA) is 105 Å². The van der Waals surface area contributed by atoms with Crippen molar-refractivity contribution in [2.24, 2.45) is 0 Å². The van der Waals surface area contributed by atoms with Gasteiger partial charge in [-0.25, -0.2) is 0 Å². The summed E-state index contributed by atoms with van der Waals surface area (Å²) in [5.74, 6) is -0.733. The number of thiophene rings is 1. The van der Waals surface area contributed by atoms with Gasteiger partial charge < -0.3 is 20.5 Å². The third-order valence-electron chi connectivity index (χ3n) is 3.68. The molecule has 1 heterocycles.